The van der Waals surface area contributed by atoms with Gasteiger partial charge in [0.25, 0.3) is 0 Å². The van der Waals surface area contributed by atoms with Crippen molar-refractivity contribution in [3.63, 3.8) is 0 Å². The van der Waals surface area contributed by atoms with Crippen LogP contribution >= 0.6 is 0 Å². The monoisotopic (exact) mass is 177 g/mol. The van der Waals surface area contributed by atoms with Crippen LogP contribution in [-0.4, -0.2) is 8.07 Å². The van der Waals surface area contributed by atoms with Gasteiger partial charge in [0.15, 0.2) is 0 Å². The van der Waals surface area contributed by atoms with Crippen LogP contribution in [0.2, 0.25) is 19.6 Å². The number of hydrogen-bond donors (Lipinski definition) is 0. The molecule has 0 N–H and O–H groups in total. The minimum atomic E-state index is -1.42. The fourth-order valence-corrected chi connectivity index (χ4v) is 1.45. The van der Waals surface area contributed by atoms with E-state index < -0.39 is 8.07 Å². The van der Waals surface area contributed by atoms with Crippen molar-refractivity contribution < 1.29 is 1.37 Å². The number of hydrogen-bond acceptors (Lipinski definition) is 0. The highest BCUT2D eigenvalue weighted by molar-refractivity contribution is 6.81. The summed E-state index contributed by atoms with van der Waals surface area (Å²) in [6, 6.07) is 10.1. The standard InChI is InChI=1S/C11H16Si/c1-12(2,3)10-9-11-7-5-4-6-8-11/h4-10H,1-3H3/b10-9+/i10D. The van der Waals surface area contributed by atoms with Gasteiger partial charge in [0.1, 0.15) is 0 Å². The Labute approximate surface area is 77.4 Å². The molecule has 0 saturated heterocycles. The van der Waals surface area contributed by atoms with Crippen LogP contribution in [0, 0.1) is 0 Å². The highest BCUT2D eigenvalue weighted by atomic mass is 28.3. The molecular weight excluding hydrogens is 160 g/mol. The quantitative estimate of drug-likeness (QED) is 0.606. The molecule has 0 aliphatic rings. The highest BCUT2D eigenvalue weighted by Gasteiger charge is 2.06. The summed E-state index contributed by atoms with van der Waals surface area (Å²) in [5.41, 5.74) is 1.94. The van der Waals surface area contributed by atoms with E-state index in [4.69, 9.17) is 1.37 Å². The molecule has 1 aromatic carbocycles. The molecule has 0 saturated carbocycles. The Morgan fingerprint density at radius 2 is 1.75 bits per heavy atom. The van der Waals surface area contributed by atoms with Gasteiger partial charge in [-0.25, -0.2) is 0 Å². The molecule has 0 aliphatic carbocycles. The minimum Gasteiger partial charge on any atom is -0.0944 e. The van der Waals surface area contributed by atoms with Gasteiger partial charge in [-0.1, -0.05) is 61.7 Å². The van der Waals surface area contributed by atoms with Gasteiger partial charge in [-0.2, -0.15) is 0 Å². The largest absolute Gasteiger partial charge is 0.0944 e. The third-order valence-electron chi connectivity index (χ3n) is 1.47. The Kier molecular flexibility index (Phi) is 2.42. The van der Waals surface area contributed by atoms with E-state index in [1.165, 1.54) is 0 Å². The molecule has 0 unspecified atom stereocenters. The van der Waals surface area contributed by atoms with Crippen molar-refractivity contribution in [1.29, 1.82) is 0 Å². The summed E-state index contributed by atoms with van der Waals surface area (Å²) in [5.74, 6) is 0. The maximum absolute atomic E-state index is 7.88. The van der Waals surface area contributed by atoms with E-state index in [2.05, 4.69) is 19.6 Å². The fourth-order valence-electron chi connectivity index (χ4n) is 0.849. The molecule has 0 bridgehead atoms. The third-order valence-corrected chi connectivity index (χ3v) is 2.48. The second-order valence-corrected chi connectivity index (χ2v) is 8.74. The lowest BCUT2D eigenvalue weighted by Crippen LogP contribution is -2.15. The van der Waals surface area contributed by atoms with Crippen molar-refractivity contribution in [2.24, 2.45) is 0 Å². The topological polar surface area (TPSA) is 0 Å². The molecule has 0 atom stereocenters. The molecule has 0 aliphatic heterocycles. The first kappa shape index (κ1) is 7.81. The zero-order valence-electron chi connectivity index (χ0n) is 8.96. The second-order valence-electron chi connectivity index (χ2n) is 3.95. The zero-order valence-corrected chi connectivity index (χ0v) is 8.96. The summed E-state index contributed by atoms with van der Waals surface area (Å²) in [6.07, 6.45) is 1.98. The summed E-state index contributed by atoms with van der Waals surface area (Å²) < 4.78 is 7.88. The maximum atomic E-state index is 7.88. The van der Waals surface area contributed by atoms with Crippen LogP contribution in [0.1, 0.15) is 6.93 Å². The van der Waals surface area contributed by atoms with Crippen LogP contribution in [0.3, 0.4) is 0 Å². The summed E-state index contributed by atoms with van der Waals surface area (Å²) in [6.45, 7) is 6.57. The first-order valence-electron chi connectivity index (χ1n) is 4.74. The Bertz CT molecular complexity index is 296. The summed E-state index contributed by atoms with van der Waals surface area (Å²) in [4.78, 5) is 0. The Hall–Kier alpha value is -0.823. The predicted octanol–water partition coefficient (Wildman–Crippen LogP) is 3.58. The van der Waals surface area contributed by atoms with Crippen LogP contribution in [0.4, 0.5) is 0 Å². The van der Waals surface area contributed by atoms with E-state index in [1.807, 2.05) is 36.4 Å². The first-order valence-corrected chi connectivity index (χ1v) is 7.74. The van der Waals surface area contributed by atoms with Crippen LogP contribution in [0.25, 0.3) is 6.08 Å². The second kappa shape index (κ2) is 3.72. The van der Waals surface area contributed by atoms with Gasteiger partial charge in [0.2, 0.25) is 0 Å². The lowest BCUT2D eigenvalue weighted by atomic mass is 10.2. The van der Waals surface area contributed by atoms with Gasteiger partial charge in [0, 0.05) is 0 Å². The zero-order chi connectivity index (χ0) is 9.90. The van der Waals surface area contributed by atoms with Gasteiger partial charge < -0.3 is 0 Å². The highest BCUT2D eigenvalue weighted by Crippen LogP contribution is 2.07. The van der Waals surface area contributed by atoms with Crippen molar-refractivity contribution in [3.8, 4) is 0 Å². The predicted molar refractivity (Wildman–Crippen MR) is 58.8 cm³/mol. The van der Waals surface area contributed by atoms with Gasteiger partial charge in [0.05, 0.1) is 9.44 Å². The average molecular weight is 177 g/mol. The number of benzene rings is 1. The van der Waals surface area contributed by atoms with Crippen molar-refractivity contribution in [2.75, 3.05) is 0 Å². The molecule has 0 aromatic heterocycles. The molecule has 64 valence electrons. The molecule has 0 heterocycles. The summed E-state index contributed by atoms with van der Waals surface area (Å²) >= 11 is 0. The van der Waals surface area contributed by atoms with E-state index >= 15 is 0 Å². The molecule has 0 amide bonds. The molecular formula is C11H16Si. The summed E-state index contributed by atoms with van der Waals surface area (Å²) in [7, 11) is -1.42. The minimum absolute atomic E-state index is 0.804. The van der Waals surface area contributed by atoms with E-state index in [0.29, 0.717) is 0 Å². The van der Waals surface area contributed by atoms with Crippen LogP contribution in [-0.2, 0) is 0 Å². The van der Waals surface area contributed by atoms with Crippen LogP contribution < -0.4 is 0 Å². The molecule has 1 aromatic rings. The molecule has 1 heteroatoms. The van der Waals surface area contributed by atoms with Gasteiger partial charge >= 0.3 is 0 Å². The normalized spacial score (nSPS) is 14.2. The number of rotatable bonds is 2. The Balaban J connectivity index is 2.90. The van der Waals surface area contributed by atoms with Crippen LogP contribution in [0.5, 0.6) is 0 Å². The Morgan fingerprint density at radius 3 is 2.25 bits per heavy atom. The lowest BCUT2D eigenvalue weighted by Gasteiger charge is -2.07. The van der Waals surface area contributed by atoms with Crippen molar-refractivity contribution in [2.45, 2.75) is 19.6 Å². The molecule has 0 spiro atoms. The third kappa shape index (κ3) is 3.53. The molecule has 0 nitrogen and oxygen atoms in total. The van der Waals surface area contributed by atoms with E-state index in [9.17, 15) is 0 Å². The van der Waals surface area contributed by atoms with E-state index in [0.717, 1.165) is 11.2 Å². The summed E-state index contributed by atoms with van der Waals surface area (Å²) in [5, 5.41) is 0. The lowest BCUT2D eigenvalue weighted by molar-refractivity contribution is 1.66. The van der Waals surface area contributed by atoms with Crippen molar-refractivity contribution in [3.05, 3.63) is 41.6 Å². The van der Waals surface area contributed by atoms with Crippen molar-refractivity contribution >= 4 is 14.1 Å². The average Bonchev–Trinajstić information content (AvgIpc) is 2.04. The molecule has 0 radical (unpaired) electrons. The van der Waals surface area contributed by atoms with Gasteiger partial charge in [-0.05, 0) is 5.56 Å². The van der Waals surface area contributed by atoms with E-state index in [1.54, 1.807) is 0 Å². The van der Waals surface area contributed by atoms with Gasteiger partial charge in [-0.15, -0.1) is 0 Å². The molecule has 1 rings (SSSR count). The van der Waals surface area contributed by atoms with Crippen molar-refractivity contribution in [1.82, 2.24) is 0 Å². The molecule has 12 heavy (non-hydrogen) atoms. The first-order chi connectivity index (χ1) is 6.00. The smallest absolute Gasteiger partial charge is 0.0687 e. The van der Waals surface area contributed by atoms with Gasteiger partial charge in [-0.3, -0.25) is 0 Å². The molecule has 0 fully saturated rings. The van der Waals surface area contributed by atoms with Crippen LogP contribution in [0.15, 0.2) is 36.0 Å². The SMILES string of the molecule is [2H]/C(=C\c1ccccc1)[Si](C)(C)C. The van der Waals surface area contributed by atoms with E-state index in [-0.39, 0.29) is 0 Å². The Morgan fingerprint density at radius 1 is 1.17 bits per heavy atom. The fraction of sp³-hybridized carbons (Fsp3) is 0.273. The maximum Gasteiger partial charge on any atom is 0.0687 e.